The fourth-order valence-corrected chi connectivity index (χ4v) is 2.69. The maximum absolute atomic E-state index is 12.5. The Hall–Kier alpha value is -1.86. The van der Waals surface area contributed by atoms with E-state index in [9.17, 15) is 4.79 Å². The molecule has 0 unspecified atom stereocenters. The first-order chi connectivity index (χ1) is 10.1. The minimum Gasteiger partial charge on any atom is -0.338 e. The number of carbonyl (C=O) groups is 1. The van der Waals surface area contributed by atoms with Crippen molar-refractivity contribution in [3.63, 3.8) is 0 Å². The Kier molecular flexibility index (Phi) is 4.98. The van der Waals surface area contributed by atoms with Crippen molar-refractivity contribution in [3.05, 3.63) is 35.4 Å². The van der Waals surface area contributed by atoms with Crippen LogP contribution in [-0.4, -0.2) is 22.9 Å². The van der Waals surface area contributed by atoms with E-state index >= 15 is 0 Å². The van der Waals surface area contributed by atoms with Crippen LogP contribution in [0.5, 0.6) is 0 Å². The molecule has 2 rings (SSSR count). The van der Waals surface area contributed by atoms with E-state index in [2.05, 4.69) is 13.0 Å². The first-order valence-corrected chi connectivity index (χ1v) is 7.62. The maximum atomic E-state index is 12.5. The molecule has 1 aromatic rings. The van der Waals surface area contributed by atoms with Gasteiger partial charge in [0.15, 0.2) is 0 Å². The highest BCUT2D eigenvalue weighted by Crippen LogP contribution is 2.32. The highest BCUT2D eigenvalue weighted by atomic mass is 16.2. The Labute approximate surface area is 126 Å². The number of rotatable bonds is 6. The number of hydrogen-bond donors (Lipinski definition) is 1. The maximum Gasteiger partial charge on any atom is 0.224 e. The van der Waals surface area contributed by atoms with Gasteiger partial charge in [-0.2, -0.15) is 5.26 Å². The van der Waals surface area contributed by atoms with Crippen molar-refractivity contribution in [2.24, 2.45) is 5.73 Å². The molecule has 1 amide bonds. The van der Waals surface area contributed by atoms with E-state index < -0.39 is 0 Å². The zero-order chi connectivity index (χ0) is 15.3. The van der Waals surface area contributed by atoms with Gasteiger partial charge >= 0.3 is 0 Å². The molecule has 1 aliphatic carbocycles. The van der Waals surface area contributed by atoms with Gasteiger partial charge < -0.3 is 10.6 Å². The van der Waals surface area contributed by atoms with Crippen molar-refractivity contribution < 1.29 is 4.79 Å². The normalized spacial score (nSPS) is 15.9. The van der Waals surface area contributed by atoms with Gasteiger partial charge in [0.05, 0.1) is 11.6 Å². The minimum absolute atomic E-state index is 0.142. The smallest absolute Gasteiger partial charge is 0.224 e. The van der Waals surface area contributed by atoms with Crippen LogP contribution in [0.15, 0.2) is 24.3 Å². The molecule has 1 aliphatic rings. The topological polar surface area (TPSA) is 70.1 Å². The molecule has 4 heteroatoms. The molecular formula is C17H23N3O. The summed E-state index contributed by atoms with van der Waals surface area (Å²) in [6.45, 7) is 3.41. The molecule has 21 heavy (non-hydrogen) atoms. The molecule has 1 saturated carbocycles. The van der Waals surface area contributed by atoms with Crippen LogP contribution < -0.4 is 5.73 Å². The first kappa shape index (κ1) is 15.5. The average molecular weight is 285 g/mol. The Morgan fingerprint density at radius 2 is 2.05 bits per heavy atom. The van der Waals surface area contributed by atoms with E-state index in [1.54, 1.807) is 12.1 Å². The molecule has 0 atom stereocenters. The highest BCUT2D eigenvalue weighted by molar-refractivity contribution is 5.77. The van der Waals surface area contributed by atoms with Crippen LogP contribution in [0.25, 0.3) is 0 Å². The van der Waals surface area contributed by atoms with Gasteiger partial charge in [-0.1, -0.05) is 19.1 Å². The Balaban J connectivity index is 2.00. The third-order valence-electron chi connectivity index (χ3n) is 4.16. The second kappa shape index (κ2) is 6.73. The van der Waals surface area contributed by atoms with E-state index in [-0.39, 0.29) is 11.4 Å². The standard InChI is InChI=1S/C17H23N3O/c1-2-10-20(16(21)11-17(19)8-3-9-17)13-15-6-4-14(12-18)5-7-15/h4-7H,2-3,8-11,13,19H2,1H3. The predicted octanol–water partition coefficient (Wildman–Crippen LogP) is 2.57. The van der Waals surface area contributed by atoms with Crippen LogP contribution in [-0.2, 0) is 11.3 Å². The molecular weight excluding hydrogens is 262 g/mol. The molecule has 112 valence electrons. The number of hydrogen-bond acceptors (Lipinski definition) is 3. The monoisotopic (exact) mass is 285 g/mol. The lowest BCUT2D eigenvalue weighted by molar-refractivity contribution is -0.134. The predicted molar refractivity (Wildman–Crippen MR) is 82.3 cm³/mol. The fourth-order valence-electron chi connectivity index (χ4n) is 2.69. The van der Waals surface area contributed by atoms with Gasteiger partial charge in [0.25, 0.3) is 0 Å². The minimum atomic E-state index is -0.270. The summed E-state index contributed by atoms with van der Waals surface area (Å²) in [6.07, 6.45) is 4.42. The molecule has 0 saturated heterocycles. The second-order valence-electron chi connectivity index (χ2n) is 6.02. The van der Waals surface area contributed by atoms with Crippen LogP contribution in [0.2, 0.25) is 0 Å². The van der Waals surface area contributed by atoms with Crippen molar-refractivity contribution in [2.75, 3.05) is 6.54 Å². The molecule has 4 nitrogen and oxygen atoms in total. The lowest BCUT2D eigenvalue weighted by Crippen LogP contribution is -2.50. The van der Waals surface area contributed by atoms with E-state index in [1.165, 1.54) is 0 Å². The molecule has 0 bridgehead atoms. The van der Waals surface area contributed by atoms with Gasteiger partial charge in [0.2, 0.25) is 5.91 Å². The highest BCUT2D eigenvalue weighted by Gasteiger charge is 2.35. The number of nitrogens with two attached hydrogens (primary N) is 1. The van der Waals surface area contributed by atoms with Crippen molar-refractivity contribution in [3.8, 4) is 6.07 Å². The Morgan fingerprint density at radius 3 is 2.52 bits per heavy atom. The van der Waals surface area contributed by atoms with Gasteiger partial charge in [-0.15, -0.1) is 0 Å². The van der Waals surface area contributed by atoms with Gasteiger partial charge in [0, 0.05) is 25.0 Å². The average Bonchev–Trinajstić information content (AvgIpc) is 2.46. The lowest BCUT2D eigenvalue weighted by Gasteiger charge is -2.39. The van der Waals surface area contributed by atoms with Crippen LogP contribution in [0.4, 0.5) is 0 Å². The van der Waals surface area contributed by atoms with Gasteiger partial charge in [-0.05, 0) is 43.4 Å². The SMILES string of the molecule is CCCN(Cc1ccc(C#N)cc1)C(=O)CC1(N)CCC1. The molecule has 0 aromatic heterocycles. The third kappa shape index (κ3) is 4.05. The second-order valence-corrected chi connectivity index (χ2v) is 6.02. The van der Waals surface area contributed by atoms with E-state index in [1.807, 2.05) is 17.0 Å². The number of amides is 1. The summed E-state index contributed by atoms with van der Waals surface area (Å²) in [5, 5.41) is 8.82. The molecule has 2 N–H and O–H groups in total. The zero-order valence-electron chi connectivity index (χ0n) is 12.6. The molecule has 1 fully saturated rings. The van der Waals surface area contributed by atoms with Crippen LogP contribution >= 0.6 is 0 Å². The van der Waals surface area contributed by atoms with Crippen molar-refractivity contribution in [1.29, 1.82) is 5.26 Å². The van der Waals surface area contributed by atoms with E-state index in [0.29, 0.717) is 18.5 Å². The van der Waals surface area contributed by atoms with Crippen LogP contribution in [0.1, 0.15) is 50.2 Å². The number of carbonyl (C=O) groups excluding carboxylic acids is 1. The van der Waals surface area contributed by atoms with Crippen LogP contribution in [0.3, 0.4) is 0 Å². The number of benzene rings is 1. The van der Waals surface area contributed by atoms with Crippen molar-refractivity contribution in [2.45, 2.75) is 51.1 Å². The number of nitriles is 1. The van der Waals surface area contributed by atoms with Gasteiger partial charge in [-0.25, -0.2) is 0 Å². The van der Waals surface area contributed by atoms with Crippen LogP contribution in [0, 0.1) is 11.3 Å². The van der Waals surface area contributed by atoms with E-state index in [4.69, 9.17) is 11.0 Å². The molecule has 0 spiro atoms. The Morgan fingerprint density at radius 1 is 1.38 bits per heavy atom. The van der Waals surface area contributed by atoms with Gasteiger partial charge in [-0.3, -0.25) is 4.79 Å². The summed E-state index contributed by atoms with van der Waals surface area (Å²) in [4.78, 5) is 14.3. The van der Waals surface area contributed by atoms with Crippen molar-refractivity contribution in [1.82, 2.24) is 4.90 Å². The quantitative estimate of drug-likeness (QED) is 0.873. The van der Waals surface area contributed by atoms with E-state index in [0.717, 1.165) is 37.8 Å². The summed E-state index contributed by atoms with van der Waals surface area (Å²) in [6, 6.07) is 9.51. The lowest BCUT2D eigenvalue weighted by atomic mass is 9.75. The fraction of sp³-hybridized carbons (Fsp3) is 0.529. The Bertz CT molecular complexity index is 526. The van der Waals surface area contributed by atoms with Crippen molar-refractivity contribution >= 4 is 5.91 Å². The molecule has 0 radical (unpaired) electrons. The molecule has 0 heterocycles. The largest absolute Gasteiger partial charge is 0.338 e. The number of nitrogens with zero attached hydrogens (tertiary/aromatic N) is 2. The summed E-state index contributed by atoms with van der Waals surface area (Å²) < 4.78 is 0. The summed E-state index contributed by atoms with van der Waals surface area (Å²) in [5.41, 5.74) is 7.61. The third-order valence-corrected chi connectivity index (χ3v) is 4.16. The first-order valence-electron chi connectivity index (χ1n) is 7.62. The van der Waals surface area contributed by atoms with Gasteiger partial charge in [0.1, 0.15) is 0 Å². The molecule has 1 aromatic carbocycles. The molecule has 0 aliphatic heterocycles. The zero-order valence-corrected chi connectivity index (χ0v) is 12.6. The summed E-state index contributed by atoms with van der Waals surface area (Å²) >= 11 is 0. The summed E-state index contributed by atoms with van der Waals surface area (Å²) in [7, 11) is 0. The summed E-state index contributed by atoms with van der Waals surface area (Å²) in [5.74, 6) is 0.142.